The van der Waals surface area contributed by atoms with Crippen molar-refractivity contribution in [2.75, 3.05) is 6.79 Å². The van der Waals surface area contributed by atoms with E-state index in [0.717, 1.165) is 0 Å². The Bertz CT molecular complexity index is 614. The third-order valence-electron chi connectivity index (χ3n) is 3.23. The summed E-state index contributed by atoms with van der Waals surface area (Å²) < 4.78 is 74.3. The fourth-order valence-corrected chi connectivity index (χ4v) is 1.33. The lowest BCUT2D eigenvalue weighted by Gasteiger charge is -2.20. The summed E-state index contributed by atoms with van der Waals surface area (Å²) in [6.45, 7) is 3.76. The molecule has 1 rings (SSSR count). The van der Waals surface area contributed by atoms with Gasteiger partial charge in [-0.25, -0.2) is 26.7 Å². The Labute approximate surface area is 128 Å². The summed E-state index contributed by atoms with van der Waals surface area (Å²) in [7, 11) is 0. The van der Waals surface area contributed by atoms with Gasteiger partial charge in [0, 0.05) is 0 Å². The molecule has 0 unspecified atom stereocenters. The fourth-order valence-electron chi connectivity index (χ4n) is 1.33. The van der Waals surface area contributed by atoms with E-state index in [4.69, 9.17) is 0 Å². The molecular weight excluding hydrogens is 327 g/mol. The molecule has 0 radical (unpaired) electrons. The van der Waals surface area contributed by atoms with Crippen molar-refractivity contribution < 1.29 is 41.0 Å². The third kappa shape index (κ3) is 3.77. The maximum atomic E-state index is 13.4. The first-order valence-electron chi connectivity index (χ1n) is 6.40. The predicted molar refractivity (Wildman–Crippen MR) is 66.7 cm³/mol. The number of halogens is 5. The van der Waals surface area contributed by atoms with Crippen molar-refractivity contribution in [2.45, 2.75) is 27.2 Å². The van der Waals surface area contributed by atoms with Crippen molar-refractivity contribution in [1.29, 1.82) is 0 Å². The molecule has 0 aliphatic heterocycles. The van der Waals surface area contributed by atoms with Gasteiger partial charge in [-0.1, -0.05) is 6.92 Å². The molecule has 23 heavy (non-hydrogen) atoms. The number of hydrogen-bond acceptors (Lipinski definition) is 4. The van der Waals surface area contributed by atoms with E-state index >= 15 is 0 Å². The zero-order chi connectivity index (χ0) is 17.9. The molecule has 1 aromatic rings. The lowest BCUT2D eigenvalue weighted by molar-refractivity contribution is -0.162. The van der Waals surface area contributed by atoms with E-state index in [9.17, 15) is 31.5 Å². The van der Waals surface area contributed by atoms with Crippen LogP contribution in [0.4, 0.5) is 22.0 Å². The second kappa shape index (κ2) is 6.93. The van der Waals surface area contributed by atoms with Crippen LogP contribution in [-0.2, 0) is 14.3 Å². The molecule has 0 N–H and O–H groups in total. The molecule has 0 saturated heterocycles. The van der Waals surface area contributed by atoms with Crippen LogP contribution in [0, 0.1) is 34.5 Å². The minimum absolute atomic E-state index is 0.400. The van der Waals surface area contributed by atoms with E-state index in [2.05, 4.69) is 9.47 Å². The van der Waals surface area contributed by atoms with Gasteiger partial charge in [0.1, 0.15) is 5.56 Å². The van der Waals surface area contributed by atoms with Crippen LogP contribution in [0.2, 0.25) is 0 Å². The van der Waals surface area contributed by atoms with Crippen LogP contribution in [0.25, 0.3) is 0 Å². The number of carbonyl (C=O) groups excluding carboxylic acids is 2. The van der Waals surface area contributed by atoms with Crippen molar-refractivity contribution in [3.8, 4) is 0 Å². The number of carbonyl (C=O) groups is 2. The van der Waals surface area contributed by atoms with Crippen LogP contribution >= 0.6 is 0 Å². The Morgan fingerprint density at radius 2 is 1.30 bits per heavy atom. The minimum Gasteiger partial charge on any atom is -0.427 e. The molecule has 0 bridgehead atoms. The van der Waals surface area contributed by atoms with Crippen LogP contribution in [0.15, 0.2) is 0 Å². The molecule has 0 aliphatic rings. The second-order valence-electron chi connectivity index (χ2n) is 5.16. The van der Waals surface area contributed by atoms with Crippen LogP contribution in [-0.4, -0.2) is 18.7 Å². The van der Waals surface area contributed by atoms with Crippen molar-refractivity contribution >= 4 is 11.9 Å². The molecular formula is C14H13F5O4. The number of hydrogen-bond donors (Lipinski definition) is 0. The highest BCUT2D eigenvalue weighted by Crippen LogP contribution is 2.24. The Hall–Kier alpha value is -2.19. The molecule has 9 heteroatoms. The molecule has 0 aliphatic carbocycles. The summed E-state index contributed by atoms with van der Waals surface area (Å²) in [5.41, 5.74) is -2.65. The number of benzene rings is 1. The monoisotopic (exact) mass is 340 g/mol. The summed E-state index contributed by atoms with van der Waals surface area (Å²) in [5.74, 6) is -14.2. The molecule has 0 heterocycles. The van der Waals surface area contributed by atoms with Gasteiger partial charge in [-0.05, 0) is 20.3 Å². The zero-order valence-corrected chi connectivity index (χ0v) is 12.4. The predicted octanol–water partition coefficient (Wildman–Crippen LogP) is 3.48. The van der Waals surface area contributed by atoms with Crippen molar-refractivity contribution in [1.82, 2.24) is 0 Å². The smallest absolute Gasteiger partial charge is 0.347 e. The summed E-state index contributed by atoms with van der Waals surface area (Å²) in [6, 6.07) is 0. The van der Waals surface area contributed by atoms with E-state index in [-0.39, 0.29) is 0 Å². The third-order valence-corrected chi connectivity index (χ3v) is 3.23. The van der Waals surface area contributed by atoms with E-state index in [0.29, 0.717) is 6.42 Å². The van der Waals surface area contributed by atoms with Gasteiger partial charge >= 0.3 is 11.9 Å². The lowest BCUT2D eigenvalue weighted by atomic mass is 9.91. The Kier molecular flexibility index (Phi) is 5.68. The molecule has 4 nitrogen and oxygen atoms in total. The van der Waals surface area contributed by atoms with E-state index < -0.39 is 58.8 Å². The molecule has 0 aromatic heterocycles. The maximum Gasteiger partial charge on any atom is 0.347 e. The quantitative estimate of drug-likeness (QED) is 0.271. The van der Waals surface area contributed by atoms with E-state index in [1.54, 1.807) is 20.8 Å². The van der Waals surface area contributed by atoms with Crippen LogP contribution < -0.4 is 0 Å². The van der Waals surface area contributed by atoms with E-state index in [1.165, 1.54) is 0 Å². The zero-order valence-electron chi connectivity index (χ0n) is 12.4. The van der Waals surface area contributed by atoms with Crippen LogP contribution in [0.5, 0.6) is 0 Å². The molecule has 0 spiro atoms. The van der Waals surface area contributed by atoms with E-state index in [1.807, 2.05) is 0 Å². The standard InChI is InChI=1S/C14H13F5O4/c1-4-14(2,3)13(21)23-5-22-12(20)6-7(15)9(17)11(19)10(18)8(6)16/h4-5H2,1-3H3. The summed E-state index contributed by atoms with van der Waals surface area (Å²) >= 11 is 0. The SMILES string of the molecule is CCC(C)(C)C(=O)OCOC(=O)c1c(F)c(F)c(F)c(F)c1F. The van der Waals surface area contributed by atoms with Crippen molar-refractivity contribution in [2.24, 2.45) is 5.41 Å². The van der Waals surface area contributed by atoms with Crippen LogP contribution in [0.3, 0.4) is 0 Å². The van der Waals surface area contributed by atoms with Gasteiger partial charge in [-0.3, -0.25) is 4.79 Å². The molecule has 0 fully saturated rings. The van der Waals surface area contributed by atoms with Crippen LogP contribution in [0.1, 0.15) is 37.6 Å². The normalized spacial score (nSPS) is 11.3. The largest absolute Gasteiger partial charge is 0.427 e. The van der Waals surface area contributed by atoms with Gasteiger partial charge in [0.05, 0.1) is 5.41 Å². The second-order valence-corrected chi connectivity index (χ2v) is 5.16. The average molecular weight is 340 g/mol. The first kappa shape index (κ1) is 18.9. The molecule has 0 amide bonds. The van der Waals surface area contributed by atoms with Gasteiger partial charge in [0.15, 0.2) is 23.3 Å². The highest BCUT2D eigenvalue weighted by atomic mass is 19.2. The molecule has 0 atom stereocenters. The number of esters is 2. The average Bonchev–Trinajstić information content (AvgIpc) is 2.51. The van der Waals surface area contributed by atoms with Crippen molar-refractivity contribution in [3.05, 3.63) is 34.6 Å². The first-order chi connectivity index (χ1) is 10.5. The van der Waals surface area contributed by atoms with Gasteiger partial charge in [0.2, 0.25) is 12.6 Å². The Morgan fingerprint density at radius 3 is 1.74 bits per heavy atom. The van der Waals surface area contributed by atoms with Gasteiger partial charge < -0.3 is 9.47 Å². The molecule has 128 valence electrons. The fraction of sp³-hybridized carbons (Fsp3) is 0.429. The van der Waals surface area contributed by atoms with Gasteiger partial charge in [0.25, 0.3) is 0 Å². The highest BCUT2D eigenvalue weighted by Gasteiger charge is 2.31. The number of ether oxygens (including phenoxy) is 2. The maximum absolute atomic E-state index is 13.4. The Morgan fingerprint density at radius 1 is 0.870 bits per heavy atom. The Balaban J connectivity index is 2.87. The van der Waals surface area contributed by atoms with Gasteiger partial charge in [-0.15, -0.1) is 0 Å². The topological polar surface area (TPSA) is 52.6 Å². The molecule has 0 saturated carbocycles. The lowest BCUT2D eigenvalue weighted by Crippen LogP contribution is -2.27. The highest BCUT2D eigenvalue weighted by molar-refractivity contribution is 5.90. The summed E-state index contributed by atoms with van der Waals surface area (Å²) in [5, 5.41) is 0. The summed E-state index contributed by atoms with van der Waals surface area (Å²) in [6.07, 6.45) is 0.400. The first-order valence-corrected chi connectivity index (χ1v) is 6.40. The van der Waals surface area contributed by atoms with Crippen molar-refractivity contribution in [3.63, 3.8) is 0 Å². The minimum atomic E-state index is -2.40. The summed E-state index contributed by atoms with van der Waals surface area (Å²) in [4.78, 5) is 23.0. The molecule has 1 aromatic carbocycles. The van der Waals surface area contributed by atoms with Gasteiger partial charge in [-0.2, -0.15) is 0 Å². The number of rotatable bonds is 5.